The van der Waals surface area contributed by atoms with Crippen molar-refractivity contribution in [1.82, 2.24) is 0 Å². The summed E-state index contributed by atoms with van der Waals surface area (Å²) in [6, 6.07) is 10.2. The van der Waals surface area contributed by atoms with Crippen LogP contribution in [0.3, 0.4) is 0 Å². The first-order valence-electron chi connectivity index (χ1n) is 18.0. The Morgan fingerprint density at radius 3 is 2.06 bits per heavy atom. The van der Waals surface area contributed by atoms with E-state index in [1.807, 2.05) is 19.1 Å². The van der Waals surface area contributed by atoms with Gasteiger partial charge in [-0.25, -0.2) is 0 Å². The van der Waals surface area contributed by atoms with Crippen molar-refractivity contribution in [3.8, 4) is 12.1 Å². The van der Waals surface area contributed by atoms with Gasteiger partial charge in [-0.2, -0.15) is 10.5 Å². The molecule has 12 heteroatoms. The van der Waals surface area contributed by atoms with Crippen molar-refractivity contribution < 1.29 is 28.5 Å². The monoisotopic (exact) mass is 711 g/mol. The van der Waals surface area contributed by atoms with Gasteiger partial charge in [0.05, 0.1) is 64.1 Å². The number of anilines is 1. The summed E-state index contributed by atoms with van der Waals surface area (Å²) in [6.07, 6.45) is 9.18. The number of benzene rings is 1. The Balaban J connectivity index is 1.48. The van der Waals surface area contributed by atoms with Gasteiger partial charge in [0.25, 0.3) is 0 Å². The highest BCUT2D eigenvalue weighted by atomic mass is 32.1. The summed E-state index contributed by atoms with van der Waals surface area (Å²) in [5.74, 6) is 0.214. The lowest BCUT2D eigenvalue weighted by Gasteiger charge is -2.23. The molecule has 0 radical (unpaired) electrons. The summed E-state index contributed by atoms with van der Waals surface area (Å²) in [7, 11) is 0. The highest BCUT2D eigenvalue weighted by Crippen LogP contribution is 2.36. The van der Waals surface area contributed by atoms with Gasteiger partial charge in [0.1, 0.15) is 23.6 Å². The molecule has 0 spiro atoms. The topological polar surface area (TPSA) is 139 Å². The number of ether oxygens (including phenoxy) is 5. The third kappa shape index (κ3) is 17.0. The number of likely N-dealkylation sites (N-methyl/N-ethyl adjacent to an activating group) is 1. The van der Waals surface area contributed by atoms with E-state index in [0.29, 0.717) is 91.9 Å². The van der Waals surface area contributed by atoms with Crippen LogP contribution in [0.25, 0.3) is 0 Å². The minimum absolute atomic E-state index is 0.146. The van der Waals surface area contributed by atoms with Gasteiger partial charge in [-0.05, 0) is 56.0 Å². The molecule has 0 aliphatic rings. The zero-order chi connectivity index (χ0) is 36.4. The second kappa shape index (κ2) is 26.4. The smallest absolute Gasteiger partial charge is 0.306 e. The van der Waals surface area contributed by atoms with E-state index in [4.69, 9.17) is 23.7 Å². The van der Waals surface area contributed by atoms with Crippen LogP contribution in [0.15, 0.2) is 28.4 Å². The van der Waals surface area contributed by atoms with Gasteiger partial charge in [-0.3, -0.25) is 4.79 Å². The van der Waals surface area contributed by atoms with E-state index in [1.54, 1.807) is 6.92 Å². The fourth-order valence-corrected chi connectivity index (χ4v) is 6.07. The highest BCUT2D eigenvalue weighted by molar-refractivity contribution is 7.16. The lowest BCUT2D eigenvalue weighted by molar-refractivity contribution is -0.146. The number of nitrogens with zero attached hydrogens (tertiary/aromatic N) is 5. The Bertz CT molecular complexity index is 1370. The Labute approximate surface area is 303 Å². The fourth-order valence-electron chi connectivity index (χ4n) is 5.19. The van der Waals surface area contributed by atoms with Crippen LogP contribution in [-0.2, 0) is 28.5 Å². The van der Waals surface area contributed by atoms with Crippen molar-refractivity contribution in [2.45, 2.75) is 86.0 Å². The largest absolute Gasteiger partial charge is 0.463 e. The molecule has 2 rings (SSSR count). The van der Waals surface area contributed by atoms with Crippen molar-refractivity contribution in [3.63, 3.8) is 0 Å². The summed E-state index contributed by atoms with van der Waals surface area (Å²) < 4.78 is 27.7. The van der Waals surface area contributed by atoms with Gasteiger partial charge in [0.15, 0.2) is 5.00 Å². The van der Waals surface area contributed by atoms with Crippen LogP contribution in [-0.4, -0.2) is 78.5 Å². The molecule has 1 aromatic heterocycles. The third-order valence-corrected chi connectivity index (χ3v) is 9.28. The van der Waals surface area contributed by atoms with Gasteiger partial charge in [0, 0.05) is 25.2 Å². The lowest BCUT2D eigenvalue weighted by atomic mass is 9.99. The van der Waals surface area contributed by atoms with E-state index in [-0.39, 0.29) is 12.6 Å². The molecule has 0 aliphatic carbocycles. The first-order valence-corrected chi connectivity index (χ1v) is 18.8. The quantitative estimate of drug-likeness (QED) is 0.0482. The SMILES string of the molecule is CCCCCCCCC(C)CC(=O)OCCOCCOCCOCCOCCN(CC)c1ccc(/N=N/c2sc(C#N)c(C)c2C#N)c(C)c1. The third-order valence-electron chi connectivity index (χ3n) is 8.20. The lowest BCUT2D eigenvalue weighted by Crippen LogP contribution is -2.27. The zero-order valence-electron chi connectivity index (χ0n) is 30.8. The summed E-state index contributed by atoms with van der Waals surface area (Å²) in [5, 5.41) is 27.8. The minimum atomic E-state index is -0.146. The zero-order valence-corrected chi connectivity index (χ0v) is 31.7. The average Bonchev–Trinajstić information content (AvgIpc) is 3.42. The second-order valence-corrected chi connectivity index (χ2v) is 13.2. The molecule has 0 fully saturated rings. The number of hydrogen-bond acceptors (Lipinski definition) is 12. The highest BCUT2D eigenvalue weighted by Gasteiger charge is 2.15. The number of hydrogen-bond donors (Lipinski definition) is 0. The van der Waals surface area contributed by atoms with Crippen LogP contribution in [0.4, 0.5) is 16.4 Å². The average molecular weight is 712 g/mol. The molecule has 0 amide bonds. The molecule has 1 atom stereocenters. The maximum atomic E-state index is 12.0. The van der Waals surface area contributed by atoms with E-state index in [1.165, 1.54) is 49.9 Å². The summed E-state index contributed by atoms with van der Waals surface area (Å²) in [5.41, 5.74) is 3.77. The number of carbonyl (C=O) groups is 1. The van der Waals surface area contributed by atoms with Gasteiger partial charge < -0.3 is 28.6 Å². The summed E-state index contributed by atoms with van der Waals surface area (Å²) in [6.45, 7) is 15.8. The number of azo groups is 1. The van der Waals surface area contributed by atoms with Gasteiger partial charge >= 0.3 is 5.97 Å². The molecule has 0 saturated heterocycles. The molecule has 0 saturated carbocycles. The van der Waals surface area contributed by atoms with Crippen LogP contribution < -0.4 is 4.90 Å². The Morgan fingerprint density at radius 1 is 0.840 bits per heavy atom. The molecule has 1 heterocycles. The number of rotatable bonds is 28. The van der Waals surface area contributed by atoms with Crippen molar-refractivity contribution in [1.29, 1.82) is 10.5 Å². The van der Waals surface area contributed by atoms with E-state index < -0.39 is 0 Å². The van der Waals surface area contributed by atoms with Crippen molar-refractivity contribution >= 4 is 33.7 Å². The summed E-state index contributed by atoms with van der Waals surface area (Å²) >= 11 is 1.18. The maximum Gasteiger partial charge on any atom is 0.306 e. The molecule has 11 nitrogen and oxygen atoms in total. The molecule has 1 aromatic carbocycles. The number of esters is 1. The molecule has 276 valence electrons. The second-order valence-electron chi connectivity index (χ2n) is 12.2. The van der Waals surface area contributed by atoms with Gasteiger partial charge in [-0.15, -0.1) is 21.6 Å². The predicted octanol–water partition coefficient (Wildman–Crippen LogP) is 8.74. The fraction of sp³-hybridized carbons (Fsp3) is 0.658. The maximum absolute atomic E-state index is 12.0. The predicted molar refractivity (Wildman–Crippen MR) is 198 cm³/mol. The van der Waals surface area contributed by atoms with Gasteiger partial charge in [-0.1, -0.05) is 58.8 Å². The molecular weight excluding hydrogens is 655 g/mol. The number of carbonyl (C=O) groups excluding carboxylic acids is 1. The van der Waals surface area contributed by atoms with Gasteiger partial charge in [0.2, 0.25) is 0 Å². The van der Waals surface area contributed by atoms with Crippen LogP contribution in [0.2, 0.25) is 0 Å². The van der Waals surface area contributed by atoms with E-state index in [0.717, 1.165) is 30.8 Å². The van der Waals surface area contributed by atoms with Crippen LogP contribution >= 0.6 is 11.3 Å². The van der Waals surface area contributed by atoms with Crippen molar-refractivity contribution in [2.75, 3.05) is 77.5 Å². The van der Waals surface area contributed by atoms with Crippen LogP contribution in [0.5, 0.6) is 0 Å². The minimum Gasteiger partial charge on any atom is -0.463 e. The molecule has 0 bridgehead atoms. The number of aryl methyl sites for hydroxylation is 1. The van der Waals surface area contributed by atoms with E-state index >= 15 is 0 Å². The molecular formula is C38H57N5O6S. The Kier molecular flexibility index (Phi) is 22.6. The van der Waals surface area contributed by atoms with Crippen molar-refractivity contribution in [2.24, 2.45) is 16.1 Å². The first-order chi connectivity index (χ1) is 24.3. The molecule has 0 N–H and O–H groups in total. The normalized spacial score (nSPS) is 11.8. The Hall–Kier alpha value is -3.39. The molecule has 0 aliphatic heterocycles. The van der Waals surface area contributed by atoms with E-state index in [2.05, 4.69) is 54.1 Å². The number of unbranched alkanes of at least 4 members (excludes halogenated alkanes) is 5. The number of thiophene rings is 1. The first kappa shape index (κ1) is 42.8. The van der Waals surface area contributed by atoms with Crippen molar-refractivity contribution in [3.05, 3.63) is 39.8 Å². The summed E-state index contributed by atoms with van der Waals surface area (Å²) in [4.78, 5) is 14.7. The molecule has 1 unspecified atom stereocenters. The van der Waals surface area contributed by atoms with Crippen LogP contribution in [0.1, 0.15) is 93.7 Å². The molecule has 2 aromatic rings. The standard InChI is InChI=1S/C38H57N5O6S/c1-6-8-9-10-11-12-13-30(3)26-37(44)49-25-24-48-23-22-47-21-20-46-19-18-45-17-16-43(7-2)33-14-15-35(31(4)27-33)41-42-38-34(28-39)32(5)36(29-40)50-38/h14-15,27,30H,6-13,16-26H2,1-5H3/b42-41+. The molecule has 50 heavy (non-hydrogen) atoms. The Morgan fingerprint density at radius 2 is 1.46 bits per heavy atom. The number of nitriles is 2. The van der Waals surface area contributed by atoms with E-state index in [9.17, 15) is 15.3 Å². The van der Waals surface area contributed by atoms with Crippen LogP contribution in [0, 0.1) is 42.4 Å².